The normalized spacial score (nSPS) is 18.3. The molecule has 0 spiro atoms. The Kier molecular flexibility index (Phi) is 19.2. The van der Waals surface area contributed by atoms with E-state index in [1.165, 1.54) is 51.4 Å². The van der Waals surface area contributed by atoms with Crippen LogP contribution in [0, 0.1) is 5.41 Å². The fourth-order valence-corrected chi connectivity index (χ4v) is 6.70. The van der Waals surface area contributed by atoms with Crippen LogP contribution in [0.15, 0.2) is 0 Å². The molecule has 0 aromatic heterocycles. The third-order valence-corrected chi connectivity index (χ3v) is 10.3. The van der Waals surface area contributed by atoms with E-state index in [9.17, 15) is 19.8 Å². The average Bonchev–Trinajstić information content (AvgIpc) is 2.96. The van der Waals surface area contributed by atoms with E-state index < -0.39 is 28.5 Å². The predicted molar refractivity (Wildman–Crippen MR) is 172 cm³/mol. The van der Waals surface area contributed by atoms with E-state index in [0.717, 1.165) is 58.0 Å². The van der Waals surface area contributed by atoms with Gasteiger partial charge >= 0.3 is 11.9 Å². The molecule has 2 N–H and O–H groups in total. The van der Waals surface area contributed by atoms with Crippen LogP contribution in [0.4, 0.5) is 0 Å². The van der Waals surface area contributed by atoms with Gasteiger partial charge in [0.2, 0.25) is 0 Å². The minimum Gasteiger partial charge on any atom is -0.481 e. The number of carbonyl (C=O) groups is 2. The van der Waals surface area contributed by atoms with Gasteiger partial charge in [-0.15, -0.1) is 0 Å². The van der Waals surface area contributed by atoms with Crippen molar-refractivity contribution in [2.75, 3.05) is 26.3 Å². The van der Waals surface area contributed by atoms with Gasteiger partial charge in [-0.1, -0.05) is 105 Å². The topological polar surface area (TPSA) is 96.3 Å². The summed E-state index contributed by atoms with van der Waals surface area (Å²) in [6.45, 7) is 15.2. The fourth-order valence-electron chi connectivity index (χ4n) is 6.70. The molecule has 1 fully saturated rings. The van der Waals surface area contributed by atoms with Crippen molar-refractivity contribution < 1.29 is 29.3 Å². The lowest BCUT2D eigenvalue weighted by molar-refractivity contribution is -0.233. The minimum atomic E-state index is -1.15. The number of rotatable bonds is 26. The van der Waals surface area contributed by atoms with E-state index >= 15 is 0 Å². The molecule has 1 heterocycles. The summed E-state index contributed by atoms with van der Waals surface area (Å²) in [6.07, 6.45) is 18.8. The number of aliphatic carboxylic acids is 2. The fraction of sp³-hybridized carbons (Fsp3) is 0.943. The first kappa shape index (κ1) is 38.8. The Morgan fingerprint density at radius 3 is 1.76 bits per heavy atom. The van der Waals surface area contributed by atoms with Crippen molar-refractivity contribution in [3.63, 3.8) is 0 Å². The average molecular weight is 598 g/mol. The molecule has 248 valence electrons. The van der Waals surface area contributed by atoms with Crippen LogP contribution in [0.3, 0.4) is 0 Å². The van der Waals surface area contributed by atoms with Crippen LogP contribution in [0.25, 0.3) is 0 Å². The zero-order chi connectivity index (χ0) is 31.5. The molecule has 3 atom stereocenters. The molecule has 3 unspecified atom stereocenters. The molecule has 0 saturated carbocycles. The summed E-state index contributed by atoms with van der Waals surface area (Å²) < 4.78 is 13.6. The highest BCUT2D eigenvalue weighted by Gasteiger charge is 2.63. The van der Waals surface area contributed by atoms with E-state index in [4.69, 9.17) is 9.47 Å². The number of hydrogen-bond acceptors (Lipinski definition) is 5. The molecule has 7 nitrogen and oxygen atoms in total. The first-order valence-corrected chi connectivity index (χ1v) is 17.4. The number of carboxylic acid groups (broad SMARTS) is 2. The van der Waals surface area contributed by atoms with Crippen molar-refractivity contribution in [3.05, 3.63) is 0 Å². The third-order valence-electron chi connectivity index (χ3n) is 10.3. The zero-order valence-corrected chi connectivity index (χ0v) is 28.3. The summed E-state index contributed by atoms with van der Waals surface area (Å²) in [5.41, 5.74) is -2.83. The smallest absolute Gasteiger partial charge is 0.324 e. The van der Waals surface area contributed by atoms with Crippen LogP contribution in [-0.4, -0.2) is 70.6 Å². The van der Waals surface area contributed by atoms with Gasteiger partial charge in [-0.05, 0) is 65.5 Å². The van der Waals surface area contributed by atoms with Crippen LogP contribution >= 0.6 is 0 Å². The van der Waals surface area contributed by atoms with Crippen molar-refractivity contribution in [3.8, 4) is 0 Å². The lowest BCUT2D eigenvalue weighted by Crippen LogP contribution is -2.71. The van der Waals surface area contributed by atoms with Crippen LogP contribution in [0.2, 0.25) is 0 Å². The molecule has 0 amide bonds. The second-order valence-electron chi connectivity index (χ2n) is 13.5. The quantitative estimate of drug-likeness (QED) is 0.0961. The van der Waals surface area contributed by atoms with E-state index in [2.05, 4.69) is 39.5 Å². The summed E-state index contributed by atoms with van der Waals surface area (Å²) in [4.78, 5) is 26.6. The zero-order valence-electron chi connectivity index (χ0n) is 28.3. The number of piperidine rings is 1. The summed E-state index contributed by atoms with van der Waals surface area (Å²) >= 11 is 0. The number of unbranched alkanes of at least 4 members (excludes halogenated alkanes) is 11. The van der Waals surface area contributed by atoms with Crippen molar-refractivity contribution in [2.24, 2.45) is 5.41 Å². The Hall–Kier alpha value is -1.18. The second kappa shape index (κ2) is 20.7. The molecule has 7 heteroatoms. The number of likely N-dealkylation sites (tertiary alicyclic amines) is 1. The lowest BCUT2D eigenvalue weighted by Gasteiger charge is -2.58. The molecule has 0 radical (unpaired) electrons. The minimum absolute atomic E-state index is 0.128. The lowest BCUT2D eigenvalue weighted by atomic mass is 9.59. The highest BCUT2D eigenvalue weighted by atomic mass is 16.6. The van der Waals surface area contributed by atoms with Crippen LogP contribution in [0.1, 0.15) is 164 Å². The molecular formula is C35H67NO6. The maximum Gasteiger partial charge on any atom is 0.324 e. The highest BCUT2D eigenvalue weighted by Crippen LogP contribution is 2.50. The number of ether oxygens (including phenoxy) is 2. The van der Waals surface area contributed by atoms with Gasteiger partial charge in [-0.2, -0.15) is 0 Å². The van der Waals surface area contributed by atoms with Gasteiger partial charge in [0.15, 0.2) is 0 Å². The number of nitrogens with zero attached hydrogens (tertiary/aromatic N) is 1. The molecular weight excluding hydrogens is 530 g/mol. The molecule has 1 saturated heterocycles. The molecule has 1 aliphatic heterocycles. The monoisotopic (exact) mass is 597 g/mol. The molecule has 1 aliphatic rings. The van der Waals surface area contributed by atoms with Gasteiger partial charge in [-0.3, -0.25) is 14.5 Å². The van der Waals surface area contributed by atoms with E-state index in [1.54, 1.807) is 0 Å². The Bertz CT molecular complexity index is 737. The maximum absolute atomic E-state index is 13.2. The van der Waals surface area contributed by atoms with Gasteiger partial charge in [0.1, 0.15) is 5.54 Å². The van der Waals surface area contributed by atoms with Crippen molar-refractivity contribution in [2.45, 2.75) is 181 Å². The van der Waals surface area contributed by atoms with E-state index in [-0.39, 0.29) is 12.5 Å². The van der Waals surface area contributed by atoms with Crippen LogP contribution in [0.5, 0.6) is 0 Å². The largest absolute Gasteiger partial charge is 0.481 e. The molecule has 1 rings (SSSR count). The van der Waals surface area contributed by atoms with Gasteiger partial charge < -0.3 is 19.7 Å². The molecule has 0 aliphatic carbocycles. The predicted octanol–water partition coefficient (Wildman–Crippen LogP) is 8.87. The van der Waals surface area contributed by atoms with Crippen LogP contribution < -0.4 is 0 Å². The Morgan fingerprint density at radius 2 is 1.24 bits per heavy atom. The van der Waals surface area contributed by atoms with Crippen molar-refractivity contribution in [1.82, 2.24) is 4.90 Å². The number of hydrogen-bond donors (Lipinski definition) is 2. The first-order valence-electron chi connectivity index (χ1n) is 17.4. The van der Waals surface area contributed by atoms with Crippen molar-refractivity contribution in [1.29, 1.82) is 0 Å². The van der Waals surface area contributed by atoms with Gasteiger partial charge in [-0.25, -0.2) is 0 Å². The standard InChI is InChI=1S/C35H67NO6/c1-7-9-11-13-15-22-28-41-30(24-18-19-25-31(37)38)35(6,42-29-23-16-14-12-10-8-2)33(3,4)34(5,32(39)40)36-26-20-17-21-27-36/h30H,7-29H2,1-6H3,(H,37,38)(H,39,40). The maximum atomic E-state index is 13.2. The van der Waals surface area contributed by atoms with E-state index in [0.29, 0.717) is 32.5 Å². The molecule has 0 aromatic carbocycles. The van der Waals surface area contributed by atoms with Crippen molar-refractivity contribution >= 4 is 11.9 Å². The van der Waals surface area contributed by atoms with Gasteiger partial charge in [0.25, 0.3) is 0 Å². The molecule has 0 aromatic rings. The molecule has 42 heavy (non-hydrogen) atoms. The summed E-state index contributed by atoms with van der Waals surface area (Å²) in [5, 5.41) is 20.1. The molecule has 0 bridgehead atoms. The van der Waals surface area contributed by atoms with Gasteiger partial charge in [0, 0.05) is 25.0 Å². The SMILES string of the molecule is CCCCCCCCOC(CCCCC(=O)O)C(C)(OCCCCCCCC)C(C)(C)C(C)(C(=O)O)N1CCCCC1. The summed E-state index contributed by atoms with van der Waals surface area (Å²) in [7, 11) is 0. The first-order chi connectivity index (χ1) is 20.0. The Labute approximate surface area is 258 Å². The summed E-state index contributed by atoms with van der Waals surface area (Å²) in [6, 6.07) is 0. The van der Waals surface area contributed by atoms with Gasteiger partial charge in [0.05, 0.1) is 11.7 Å². The summed E-state index contributed by atoms with van der Waals surface area (Å²) in [5.74, 6) is -1.60. The number of carboxylic acids is 2. The third kappa shape index (κ3) is 11.7. The van der Waals surface area contributed by atoms with E-state index in [1.807, 2.05) is 6.92 Å². The Morgan fingerprint density at radius 1 is 0.714 bits per heavy atom. The highest BCUT2D eigenvalue weighted by molar-refractivity contribution is 5.80. The second-order valence-corrected chi connectivity index (χ2v) is 13.5. The Balaban J connectivity index is 3.29. The van der Waals surface area contributed by atoms with Crippen LogP contribution in [-0.2, 0) is 19.1 Å².